The Hall–Kier alpha value is -1.91. The summed E-state index contributed by atoms with van der Waals surface area (Å²) in [6, 6.07) is 6.08. The first-order valence-electron chi connectivity index (χ1n) is 5.76. The highest BCUT2D eigenvalue weighted by Crippen LogP contribution is 2.30. The van der Waals surface area contributed by atoms with Crippen molar-refractivity contribution in [1.29, 1.82) is 0 Å². The summed E-state index contributed by atoms with van der Waals surface area (Å²) in [5, 5.41) is 0. The number of ether oxygens (including phenoxy) is 3. The van der Waals surface area contributed by atoms with E-state index in [9.17, 15) is 0 Å². The molecule has 5 nitrogen and oxygen atoms in total. The summed E-state index contributed by atoms with van der Waals surface area (Å²) in [4.78, 5) is 4.08. The predicted octanol–water partition coefficient (Wildman–Crippen LogP) is 1.35. The van der Waals surface area contributed by atoms with Crippen LogP contribution in [0.1, 0.15) is 12.5 Å². The van der Waals surface area contributed by atoms with Gasteiger partial charge in [0, 0.05) is 6.42 Å². The molecule has 1 aliphatic heterocycles. The van der Waals surface area contributed by atoms with Crippen molar-refractivity contribution in [3.8, 4) is 11.5 Å². The van der Waals surface area contributed by atoms with E-state index in [4.69, 9.17) is 19.9 Å². The van der Waals surface area contributed by atoms with Crippen LogP contribution >= 0.6 is 0 Å². The van der Waals surface area contributed by atoms with E-state index in [2.05, 4.69) is 4.99 Å². The maximum atomic E-state index is 5.55. The molecular weight excluding hydrogens is 232 g/mol. The van der Waals surface area contributed by atoms with E-state index >= 15 is 0 Å². The highest BCUT2D eigenvalue weighted by Gasteiger charge is 2.32. The van der Waals surface area contributed by atoms with E-state index in [0.29, 0.717) is 12.3 Å². The van der Waals surface area contributed by atoms with E-state index in [1.807, 2.05) is 25.1 Å². The smallest absolute Gasteiger partial charge is 0.282 e. The Morgan fingerprint density at radius 3 is 2.61 bits per heavy atom. The monoisotopic (exact) mass is 250 g/mol. The molecule has 1 atom stereocenters. The molecule has 1 heterocycles. The van der Waals surface area contributed by atoms with Crippen molar-refractivity contribution < 1.29 is 14.2 Å². The minimum atomic E-state index is -0.371. The Bertz CT molecular complexity index is 473. The van der Waals surface area contributed by atoms with Crippen LogP contribution in [0.25, 0.3) is 0 Å². The number of benzene rings is 1. The molecule has 0 aliphatic carbocycles. The second kappa shape index (κ2) is 4.76. The Balaban J connectivity index is 2.15. The van der Waals surface area contributed by atoms with Crippen LogP contribution in [-0.2, 0) is 11.2 Å². The van der Waals surface area contributed by atoms with Crippen LogP contribution in [0.4, 0.5) is 0 Å². The molecule has 1 unspecified atom stereocenters. The van der Waals surface area contributed by atoms with Gasteiger partial charge in [-0.25, -0.2) is 4.99 Å². The van der Waals surface area contributed by atoms with Crippen molar-refractivity contribution in [2.75, 3.05) is 20.8 Å². The van der Waals surface area contributed by atoms with Crippen LogP contribution in [0.5, 0.6) is 11.5 Å². The first kappa shape index (κ1) is 12.5. The molecule has 0 bridgehead atoms. The van der Waals surface area contributed by atoms with Crippen LogP contribution in [0, 0.1) is 0 Å². The average molecular weight is 250 g/mol. The Kier molecular flexibility index (Phi) is 3.32. The molecule has 1 aromatic carbocycles. The van der Waals surface area contributed by atoms with E-state index in [1.54, 1.807) is 14.2 Å². The average Bonchev–Trinajstić information content (AvgIpc) is 2.68. The lowest BCUT2D eigenvalue weighted by molar-refractivity contribution is 0.107. The summed E-state index contributed by atoms with van der Waals surface area (Å²) in [6.45, 7) is 2.57. The molecular formula is C13H18N2O3. The van der Waals surface area contributed by atoms with E-state index < -0.39 is 0 Å². The Morgan fingerprint density at radius 2 is 2.06 bits per heavy atom. The van der Waals surface area contributed by atoms with Crippen molar-refractivity contribution >= 4 is 6.02 Å². The third-order valence-corrected chi connectivity index (χ3v) is 2.95. The zero-order valence-electron chi connectivity index (χ0n) is 10.9. The van der Waals surface area contributed by atoms with Crippen LogP contribution in [-0.4, -0.2) is 32.4 Å². The number of aliphatic imine (C=N–C) groups is 1. The van der Waals surface area contributed by atoms with Crippen molar-refractivity contribution in [2.45, 2.75) is 18.9 Å². The summed E-state index contributed by atoms with van der Waals surface area (Å²) in [5.41, 5.74) is 6.27. The normalized spacial score (nSPS) is 22.3. The number of hydrogen-bond acceptors (Lipinski definition) is 5. The van der Waals surface area contributed by atoms with Gasteiger partial charge in [0.25, 0.3) is 6.02 Å². The van der Waals surface area contributed by atoms with E-state index in [1.165, 1.54) is 0 Å². The number of amidine groups is 1. The number of nitrogens with zero attached hydrogens (tertiary/aromatic N) is 1. The number of hydrogen-bond donors (Lipinski definition) is 1. The summed E-state index contributed by atoms with van der Waals surface area (Å²) in [5.74, 6) is 1.43. The van der Waals surface area contributed by atoms with Gasteiger partial charge in [-0.3, -0.25) is 0 Å². The number of nitrogens with two attached hydrogens (primary N) is 1. The molecule has 5 heteroatoms. The fourth-order valence-corrected chi connectivity index (χ4v) is 2.08. The molecule has 0 saturated heterocycles. The minimum Gasteiger partial charge on any atom is -0.493 e. The topological polar surface area (TPSA) is 66.1 Å². The Morgan fingerprint density at radius 1 is 1.33 bits per heavy atom. The Labute approximate surface area is 107 Å². The summed E-state index contributed by atoms with van der Waals surface area (Å²) >= 11 is 0. The first-order valence-corrected chi connectivity index (χ1v) is 5.76. The van der Waals surface area contributed by atoms with E-state index in [0.717, 1.165) is 17.7 Å². The third-order valence-electron chi connectivity index (χ3n) is 2.95. The maximum Gasteiger partial charge on any atom is 0.282 e. The summed E-state index contributed by atoms with van der Waals surface area (Å²) in [6.07, 6.45) is 0.720. The first-order chi connectivity index (χ1) is 8.56. The van der Waals surface area contributed by atoms with Gasteiger partial charge in [-0.15, -0.1) is 0 Å². The number of rotatable bonds is 4. The second-order valence-electron chi connectivity index (χ2n) is 4.57. The third kappa shape index (κ3) is 2.50. The lowest BCUT2D eigenvalue weighted by Gasteiger charge is -2.23. The zero-order chi connectivity index (χ0) is 13.2. The number of methoxy groups -OCH3 is 2. The van der Waals surface area contributed by atoms with Crippen molar-refractivity contribution in [2.24, 2.45) is 10.7 Å². The maximum absolute atomic E-state index is 5.55. The van der Waals surface area contributed by atoms with Gasteiger partial charge in [-0.1, -0.05) is 6.07 Å². The van der Waals surface area contributed by atoms with Crippen LogP contribution in [0.2, 0.25) is 0 Å². The van der Waals surface area contributed by atoms with Crippen molar-refractivity contribution in [3.05, 3.63) is 23.8 Å². The minimum absolute atomic E-state index is 0.262. The quantitative estimate of drug-likeness (QED) is 0.876. The molecule has 1 aliphatic rings. The molecule has 0 aromatic heterocycles. The fraction of sp³-hybridized carbons (Fsp3) is 0.462. The van der Waals surface area contributed by atoms with Gasteiger partial charge < -0.3 is 19.9 Å². The molecule has 0 amide bonds. The molecule has 0 saturated carbocycles. The van der Waals surface area contributed by atoms with Gasteiger partial charge in [-0.2, -0.15) is 0 Å². The largest absolute Gasteiger partial charge is 0.493 e. The van der Waals surface area contributed by atoms with Gasteiger partial charge in [-0.05, 0) is 24.6 Å². The molecule has 0 radical (unpaired) electrons. The van der Waals surface area contributed by atoms with Crippen LogP contribution in [0.15, 0.2) is 23.2 Å². The second-order valence-corrected chi connectivity index (χ2v) is 4.57. The van der Waals surface area contributed by atoms with Gasteiger partial charge in [0.15, 0.2) is 11.5 Å². The SMILES string of the molecule is COc1ccc(CC2(C)CN=C(N)O2)cc1OC. The van der Waals surface area contributed by atoms with Gasteiger partial charge >= 0.3 is 0 Å². The standard InChI is InChI=1S/C13H18N2O3/c1-13(8-15-12(14)18-13)7-9-4-5-10(16-2)11(6-9)17-3/h4-6H,7-8H2,1-3H3,(H2,14,15). The molecule has 1 aromatic rings. The lowest BCUT2D eigenvalue weighted by atomic mass is 9.96. The molecule has 2 N–H and O–H groups in total. The molecule has 0 spiro atoms. The predicted molar refractivity (Wildman–Crippen MR) is 69.2 cm³/mol. The van der Waals surface area contributed by atoms with Gasteiger partial charge in [0.1, 0.15) is 5.60 Å². The van der Waals surface area contributed by atoms with Gasteiger partial charge in [0.2, 0.25) is 0 Å². The molecule has 0 fully saturated rings. The zero-order valence-corrected chi connectivity index (χ0v) is 10.9. The highest BCUT2D eigenvalue weighted by molar-refractivity contribution is 5.73. The van der Waals surface area contributed by atoms with Crippen molar-refractivity contribution in [1.82, 2.24) is 0 Å². The fourth-order valence-electron chi connectivity index (χ4n) is 2.08. The van der Waals surface area contributed by atoms with Crippen molar-refractivity contribution in [3.63, 3.8) is 0 Å². The highest BCUT2D eigenvalue weighted by atomic mass is 16.5. The summed E-state index contributed by atoms with van der Waals surface area (Å²) in [7, 11) is 3.24. The van der Waals surface area contributed by atoms with Crippen LogP contribution < -0.4 is 15.2 Å². The lowest BCUT2D eigenvalue weighted by Crippen LogP contribution is -2.33. The van der Waals surface area contributed by atoms with E-state index in [-0.39, 0.29) is 11.6 Å². The summed E-state index contributed by atoms with van der Waals surface area (Å²) < 4.78 is 16.0. The van der Waals surface area contributed by atoms with Gasteiger partial charge in [0.05, 0.1) is 20.8 Å². The molecule has 2 rings (SSSR count). The molecule has 98 valence electrons. The molecule has 18 heavy (non-hydrogen) atoms. The van der Waals surface area contributed by atoms with Crippen LogP contribution in [0.3, 0.4) is 0 Å².